The molecule has 11 heteroatoms. The van der Waals surface area contributed by atoms with Crippen LogP contribution in [0.3, 0.4) is 0 Å². The number of fused-ring (bicyclic) bond motifs is 1. The molecule has 2 aromatic heterocycles. The molecular weight excluding hydrogens is 444 g/mol. The third-order valence-corrected chi connectivity index (χ3v) is 5.52. The molecule has 0 radical (unpaired) electrons. The zero-order valence-electron chi connectivity index (χ0n) is 19.9. The second-order valence-electron chi connectivity index (χ2n) is 8.90. The second-order valence-corrected chi connectivity index (χ2v) is 8.90. The van der Waals surface area contributed by atoms with Crippen LogP contribution in [0, 0.1) is 5.53 Å². The lowest BCUT2D eigenvalue weighted by atomic mass is 10.00. The highest BCUT2D eigenvalue weighted by Gasteiger charge is 2.26. The lowest BCUT2D eigenvalue weighted by molar-refractivity contribution is 0.0963. The predicted octanol–water partition coefficient (Wildman–Crippen LogP) is 3.51. The minimum Gasteiger partial charge on any atom is -0.382 e. The molecule has 11 nitrogen and oxygen atoms in total. The molecule has 35 heavy (non-hydrogen) atoms. The molecule has 0 bridgehead atoms. The summed E-state index contributed by atoms with van der Waals surface area (Å²) in [5, 5.41) is 9.33. The Morgan fingerprint density at radius 3 is 2.43 bits per heavy atom. The third-order valence-electron chi connectivity index (χ3n) is 5.52. The maximum atomic E-state index is 12.8. The second kappa shape index (κ2) is 8.93. The quantitative estimate of drug-likeness (QED) is 0.150. The van der Waals surface area contributed by atoms with Crippen molar-refractivity contribution in [2.75, 3.05) is 12.8 Å². The van der Waals surface area contributed by atoms with E-state index in [1.165, 1.54) is 0 Å². The Labute approximate surface area is 201 Å². The van der Waals surface area contributed by atoms with Crippen LogP contribution in [0.15, 0.2) is 59.1 Å². The Bertz CT molecular complexity index is 1460. The van der Waals surface area contributed by atoms with Crippen molar-refractivity contribution in [3.8, 4) is 22.5 Å². The van der Waals surface area contributed by atoms with Gasteiger partial charge in [-0.05, 0) is 50.6 Å². The van der Waals surface area contributed by atoms with E-state index in [1.54, 1.807) is 37.6 Å². The molecule has 178 valence electrons. The van der Waals surface area contributed by atoms with Gasteiger partial charge in [-0.3, -0.25) is 4.79 Å². The van der Waals surface area contributed by atoms with Crippen LogP contribution in [0.4, 0.5) is 5.95 Å². The average Bonchev–Trinajstić information content (AvgIpc) is 3.23. The van der Waals surface area contributed by atoms with E-state index in [4.69, 9.17) is 22.0 Å². The molecule has 0 saturated heterocycles. The van der Waals surface area contributed by atoms with E-state index in [-0.39, 0.29) is 23.2 Å². The molecule has 0 aliphatic carbocycles. The van der Waals surface area contributed by atoms with Gasteiger partial charge in [-0.15, -0.1) is 5.10 Å². The first-order valence-electron chi connectivity index (χ1n) is 10.8. The van der Waals surface area contributed by atoms with Crippen molar-refractivity contribution in [1.29, 1.82) is 5.53 Å². The van der Waals surface area contributed by atoms with Crippen molar-refractivity contribution in [3.63, 3.8) is 0 Å². The molecule has 4 aromatic rings. The van der Waals surface area contributed by atoms with Crippen LogP contribution in [-0.2, 0) is 5.54 Å². The number of anilines is 1. The fourth-order valence-electron chi connectivity index (χ4n) is 3.94. The van der Waals surface area contributed by atoms with E-state index in [1.807, 2.05) is 18.2 Å². The molecule has 2 aromatic carbocycles. The Morgan fingerprint density at radius 1 is 1.09 bits per heavy atom. The summed E-state index contributed by atoms with van der Waals surface area (Å²) in [5.74, 6) is 0.597. The summed E-state index contributed by atoms with van der Waals surface area (Å²) in [5.41, 5.74) is 23.1. The van der Waals surface area contributed by atoms with Gasteiger partial charge in [0.1, 0.15) is 5.82 Å². The molecule has 0 fully saturated rings. The monoisotopic (exact) mass is 470 g/mol. The molecule has 1 amide bonds. The molecule has 0 aliphatic rings. The molecule has 0 aliphatic heterocycles. The predicted molar refractivity (Wildman–Crippen MR) is 135 cm³/mol. The largest absolute Gasteiger partial charge is 0.382 e. The van der Waals surface area contributed by atoms with E-state index in [0.717, 1.165) is 22.2 Å². The molecule has 4 rings (SSSR count). The van der Waals surface area contributed by atoms with Gasteiger partial charge in [0.15, 0.2) is 5.84 Å². The van der Waals surface area contributed by atoms with Crippen LogP contribution in [0.25, 0.3) is 33.5 Å². The van der Waals surface area contributed by atoms with E-state index >= 15 is 0 Å². The summed E-state index contributed by atoms with van der Waals surface area (Å²) in [6.07, 6.45) is 3.33. The summed E-state index contributed by atoms with van der Waals surface area (Å²) >= 11 is 0. The minimum absolute atomic E-state index is 0.0637. The zero-order chi connectivity index (χ0) is 25.3. The number of aromatic nitrogens is 4. The fourth-order valence-corrected chi connectivity index (χ4v) is 3.94. The van der Waals surface area contributed by atoms with Gasteiger partial charge in [0, 0.05) is 41.7 Å². The Morgan fingerprint density at radius 2 is 1.80 bits per heavy atom. The van der Waals surface area contributed by atoms with Gasteiger partial charge < -0.3 is 21.4 Å². The van der Waals surface area contributed by atoms with Crippen molar-refractivity contribution < 1.29 is 4.79 Å². The first-order chi connectivity index (χ1) is 16.6. The summed E-state index contributed by atoms with van der Waals surface area (Å²) in [4.78, 5) is 25.9. The first-order valence-corrected chi connectivity index (χ1v) is 10.8. The number of nitrogen functional groups attached to an aromatic ring is 1. The third kappa shape index (κ3) is 4.43. The SMILES string of the molecule is CNC(=O)c1ccc(C(N)=NN=N)cc1-c1nc2cc(-c3cnc(N)nc3)ccc2n1C(C)(C)C. The first kappa shape index (κ1) is 23.5. The Hall–Kier alpha value is -4.67. The van der Waals surface area contributed by atoms with Crippen LogP contribution >= 0.6 is 0 Å². The number of hydrogen-bond acceptors (Lipinski definition) is 7. The van der Waals surface area contributed by atoms with Crippen LogP contribution in [0.2, 0.25) is 0 Å². The summed E-state index contributed by atoms with van der Waals surface area (Å²) in [6.45, 7) is 6.20. The normalized spacial score (nSPS) is 12.1. The highest BCUT2D eigenvalue weighted by Crippen LogP contribution is 2.35. The molecule has 0 unspecified atom stereocenters. The van der Waals surface area contributed by atoms with Crippen LogP contribution in [-0.4, -0.2) is 38.3 Å². The fraction of sp³-hybridized carbons (Fsp3) is 0.208. The number of nitrogens with one attached hydrogen (secondary N) is 2. The highest BCUT2D eigenvalue weighted by molar-refractivity contribution is 6.04. The molecule has 0 saturated carbocycles. The number of nitrogens with two attached hydrogens (primary N) is 2. The lowest BCUT2D eigenvalue weighted by Crippen LogP contribution is -2.24. The van der Waals surface area contributed by atoms with E-state index in [2.05, 4.69) is 50.9 Å². The van der Waals surface area contributed by atoms with Crippen LogP contribution in [0.1, 0.15) is 36.7 Å². The topological polar surface area (TPSA) is 173 Å². The number of carbonyl (C=O) groups excluding carboxylic acids is 1. The maximum absolute atomic E-state index is 12.8. The minimum atomic E-state index is -0.373. The smallest absolute Gasteiger partial charge is 0.251 e. The molecule has 0 spiro atoms. The number of hydrogen-bond donors (Lipinski definition) is 4. The Balaban J connectivity index is 2.01. The van der Waals surface area contributed by atoms with Crippen molar-refractivity contribution in [2.24, 2.45) is 16.1 Å². The molecule has 6 N–H and O–H groups in total. The number of imidazole rings is 1. The van der Waals surface area contributed by atoms with Crippen molar-refractivity contribution >= 4 is 28.7 Å². The van der Waals surface area contributed by atoms with E-state index in [9.17, 15) is 4.79 Å². The van der Waals surface area contributed by atoms with Crippen molar-refractivity contribution in [2.45, 2.75) is 26.3 Å². The van der Waals surface area contributed by atoms with Crippen molar-refractivity contribution in [3.05, 3.63) is 59.9 Å². The zero-order valence-corrected chi connectivity index (χ0v) is 19.9. The molecule has 0 atom stereocenters. The molecular formula is C24H26N10O. The van der Waals surface area contributed by atoms with E-state index in [0.29, 0.717) is 22.5 Å². The Kier molecular flexibility index (Phi) is 6.00. The van der Waals surface area contributed by atoms with Gasteiger partial charge in [-0.2, -0.15) is 5.53 Å². The van der Waals surface area contributed by atoms with Gasteiger partial charge in [0.25, 0.3) is 5.91 Å². The van der Waals surface area contributed by atoms with Gasteiger partial charge in [-0.1, -0.05) is 17.4 Å². The number of benzene rings is 2. The summed E-state index contributed by atoms with van der Waals surface area (Å²) in [7, 11) is 1.57. The summed E-state index contributed by atoms with van der Waals surface area (Å²) < 4.78 is 2.08. The maximum Gasteiger partial charge on any atom is 0.251 e. The van der Waals surface area contributed by atoms with Crippen LogP contribution < -0.4 is 16.8 Å². The lowest BCUT2D eigenvalue weighted by Gasteiger charge is -2.25. The number of amidine groups is 1. The average molecular weight is 471 g/mol. The van der Waals surface area contributed by atoms with Gasteiger partial charge >= 0.3 is 0 Å². The van der Waals surface area contributed by atoms with Gasteiger partial charge in [0.05, 0.1) is 16.6 Å². The number of amides is 1. The van der Waals surface area contributed by atoms with Crippen molar-refractivity contribution in [1.82, 2.24) is 24.8 Å². The van der Waals surface area contributed by atoms with Gasteiger partial charge in [-0.25, -0.2) is 15.0 Å². The number of carbonyl (C=O) groups is 1. The van der Waals surface area contributed by atoms with Gasteiger partial charge in [0.2, 0.25) is 5.95 Å². The standard InChI is InChI=1S/C24H26N10O/c1-24(2,3)34-19-8-6-13(15-11-29-23(26)30-12-15)10-18(19)31-21(34)17-9-14(20(25)32-33-27)5-7-16(17)22(35)28-4/h5-12H,1-4H3,(H,28,35)(H3,25,27,32)(H2,26,29,30). The van der Waals surface area contributed by atoms with Crippen LogP contribution in [0.5, 0.6) is 0 Å². The number of nitrogens with zero attached hydrogens (tertiary/aromatic N) is 6. The highest BCUT2D eigenvalue weighted by atomic mass is 16.1. The van der Waals surface area contributed by atoms with E-state index < -0.39 is 0 Å². The molecule has 2 heterocycles. The number of rotatable bonds is 5. The summed E-state index contributed by atoms with van der Waals surface area (Å²) in [6, 6.07) is 11.0.